The molecule has 10 nitrogen and oxygen atoms in total. The fourth-order valence-corrected chi connectivity index (χ4v) is 3.59. The van der Waals surface area contributed by atoms with Crippen LogP contribution in [-0.2, 0) is 6.67 Å². The van der Waals surface area contributed by atoms with E-state index in [9.17, 15) is 4.79 Å². The topological polar surface area (TPSA) is 96.1 Å². The Kier molecular flexibility index (Phi) is 5.94. The zero-order valence-electron chi connectivity index (χ0n) is 17.3. The molecule has 1 aliphatic rings. The van der Waals surface area contributed by atoms with Crippen LogP contribution in [0.1, 0.15) is 12.6 Å². The molecular weight excluding hydrogens is 382 g/mol. The van der Waals surface area contributed by atoms with Gasteiger partial charge in [-0.3, -0.25) is 10.2 Å². The normalized spacial score (nSPS) is 14.7. The van der Waals surface area contributed by atoms with Crippen molar-refractivity contribution in [1.29, 1.82) is 0 Å². The van der Waals surface area contributed by atoms with Crippen molar-refractivity contribution < 1.29 is 4.79 Å². The van der Waals surface area contributed by atoms with Crippen molar-refractivity contribution in [2.24, 2.45) is 0 Å². The second-order valence-corrected chi connectivity index (χ2v) is 7.23. The lowest BCUT2D eigenvalue weighted by atomic mass is 10.2. The highest BCUT2D eigenvalue weighted by Gasteiger charge is 2.19. The third kappa shape index (κ3) is 4.60. The van der Waals surface area contributed by atoms with Gasteiger partial charge in [-0.05, 0) is 32.0 Å². The molecule has 0 atom stereocenters. The van der Waals surface area contributed by atoms with Crippen LogP contribution in [0.25, 0.3) is 5.82 Å². The van der Waals surface area contributed by atoms with Gasteiger partial charge < -0.3 is 14.8 Å². The molecule has 0 unspecified atom stereocenters. The zero-order valence-corrected chi connectivity index (χ0v) is 17.3. The quantitative estimate of drug-likeness (QED) is 0.643. The second kappa shape index (κ2) is 8.95. The number of aromatic nitrogens is 5. The molecule has 3 aromatic rings. The predicted octanol–water partition coefficient (Wildman–Crippen LogP) is 1.69. The molecule has 10 heteroatoms. The fourth-order valence-electron chi connectivity index (χ4n) is 3.59. The van der Waals surface area contributed by atoms with Crippen molar-refractivity contribution in [2.75, 3.05) is 42.9 Å². The minimum Gasteiger partial charge on any atom is -0.367 e. The van der Waals surface area contributed by atoms with Crippen LogP contribution in [0.3, 0.4) is 0 Å². The van der Waals surface area contributed by atoms with Gasteiger partial charge >= 0.3 is 6.03 Å². The summed E-state index contributed by atoms with van der Waals surface area (Å²) in [5.74, 6) is 1.38. The molecule has 1 saturated heterocycles. The summed E-state index contributed by atoms with van der Waals surface area (Å²) in [6, 6.07) is 5.79. The van der Waals surface area contributed by atoms with E-state index in [1.54, 1.807) is 17.2 Å². The monoisotopic (exact) mass is 409 g/mol. The van der Waals surface area contributed by atoms with Crippen molar-refractivity contribution in [3.8, 4) is 5.82 Å². The van der Waals surface area contributed by atoms with Gasteiger partial charge in [0, 0.05) is 51.3 Å². The first-order chi connectivity index (χ1) is 14.6. The summed E-state index contributed by atoms with van der Waals surface area (Å²) in [4.78, 5) is 25.3. The Morgan fingerprint density at radius 1 is 1.20 bits per heavy atom. The molecule has 30 heavy (non-hydrogen) atoms. The van der Waals surface area contributed by atoms with Gasteiger partial charge in [0.15, 0.2) is 11.6 Å². The summed E-state index contributed by atoms with van der Waals surface area (Å²) >= 11 is 0. The number of carbonyl (C=O) groups is 1. The Labute approximate surface area is 175 Å². The van der Waals surface area contributed by atoms with E-state index >= 15 is 0 Å². The number of amides is 2. The Bertz CT molecular complexity index is 974. The summed E-state index contributed by atoms with van der Waals surface area (Å²) in [5, 5.41) is 9.67. The average Bonchev–Trinajstić information content (AvgIpc) is 3.41. The van der Waals surface area contributed by atoms with Crippen LogP contribution in [0.2, 0.25) is 0 Å². The maximum atomic E-state index is 11.6. The first-order valence-corrected chi connectivity index (χ1v) is 10.1. The molecule has 2 N–H and O–H groups in total. The molecule has 1 fully saturated rings. The van der Waals surface area contributed by atoms with Gasteiger partial charge in [-0.25, -0.2) is 19.4 Å². The first kappa shape index (κ1) is 19.9. The Hall–Kier alpha value is -3.40. The van der Waals surface area contributed by atoms with Crippen molar-refractivity contribution in [3.63, 3.8) is 0 Å². The summed E-state index contributed by atoms with van der Waals surface area (Å²) < 4.78 is 3.76. The third-order valence-corrected chi connectivity index (χ3v) is 5.07. The second-order valence-electron chi connectivity index (χ2n) is 7.23. The smallest absolute Gasteiger partial charge is 0.320 e. The summed E-state index contributed by atoms with van der Waals surface area (Å²) in [6.07, 6.45) is 7.25. The van der Waals surface area contributed by atoms with Crippen LogP contribution in [0.5, 0.6) is 0 Å². The highest BCUT2D eigenvalue weighted by molar-refractivity contribution is 5.87. The number of hydrogen-bond acceptors (Lipinski definition) is 6. The number of nitrogens with one attached hydrogen (secondary N) is 2. The zero-order chi connectivity index (χ0) is 20.9. The summed E-state index contributed by atoms with van der Waals surface area (Å²) in [7, 11) is 0. The lowest BCUT2D eigenvalue weighted by Crippen LogP contribution is -2.47. The number of nitrogens with zero attached hydrogens (tertiary/aromatic N) is 7. The highest BCUT2D eigenvalue weighted by Crippen LogP contribution is 2.21. The highest BCUT2D eigenvalue weighted by atomic mass is 16.2. The van der Waals surface area contributed by atoms with Crippen LogP contribution < -0.4 is 15.5 Å². The molecule has 2 amide bonds. The number of urea groups is 1. The molecule has 0 spiro atoms. The summed E-state index contributed by atoms with van der Waals surface area (Å²) in [5.41, 5.74) is 2.17. The van der Waals surface area contributed by atoms with Gasteiger partial charge in [-0.2, -0.15) is 5.10 Å². The molecule has 0 radical (unpaired) electrons. The molecular formula is C20H27N9O. The lowest BCUT2D eigenvalue weighted by molar-refractivity contribution is 0.206. The Morgan fingerprint density at radius 3 is 2.73 bits per heavy atom. The van der Waals surface area contributed by atoms with Crippen molar-refractivity contribution in [2.45, 2.75) is 20.5 Å². The Balaban J connectivity index is 1.31. The third-order valence-electron chi connectivity index (χ3n) is 5.07. The van der Waals surface area contributed by atoms with Crippen molar-refractivity contribution in [3.05, 3.63) is 48.8 Å². The number of carbonyl (C=O) groups excluding carboxylic acids is 1. The molecule has 4 heterocycles. The first-order valence-electron chi connectivity index (χ1n) is 10.1. The van der Waals surface area contributed by atoms with Gasteiger partial charge in [-0.1, -0.05) is 0 Å². The van der Waals surface area contributed by atoms with Gasteiger partial charge in [0.1, 0.15) is 0 Å². The lowest BCUT2D eigenvalue weighted by Gasteiger charge is -2.36. The van der Waals surface area contributed by atoms with E-state index in [2.05, 4.69) is 36.6 Å². The number of aryl methyl sites for hydroxylation is 1. The standard InChI is InChI=1S/C20H27N9O/c1-3-21-20(30)25-18-13-27(14-22-18)15-26-9-11-28(12-10-26)17-5-6-19(24-16(17)2)29-8-4-7-23-29/h4-8,13-14H,3,9-12,15H2,1-2H3,(H2,21,25,30). The molecule has 1 aliphatic heterocycles. The van der Waals surface area contributed by atoms with E-state index < -0.39 is 0 Å². The van der Waals surface area contributed by atoms with Gasteiger partial charge in [-0.15, -0.1) is 0 Å². The summed E-state index contributed by atoms with van der Waals surface area (Å²) in [6.45, 7) is 9.00. The van der Waals surface area contributed by atoms with Crippen molar-refractivity contribution >= 4 is 17.5 Å². The average molecular weight is 409 g/mol. The SMILES string of the molecule is CCNC(=O)Nc1cn(CN2CCN(c3ccc(-n4cccn4)nc3C)CC2)cn1. The molecule has 4 rings (SSSR count). The number of piperazine rings is 1. The van der Waals surface area contributed by atoms with E-state index in [1.165, 1.54) is 5.69 Å². The van der Waals surface area contributed by atoms with Gasteiger partial charge in [0.2, 0.25) is 0 Å². The number of anilines is 2. The molecule has 0 saturated carbocycles. The van der Waals surface area contributed by atoms with Crippen LogP contribution >= 0.6 is 0 Å². The number of rotatable bonds is 6. The Morgan fingerprint density at radius 2 is 2.03 bits per heavy atom. The molecule has 158 valence electrons. The number of hydrogen-bond donors (Lipinski definition) is 2. The minimum absolute atomic E-state index is 0.237. The van der Waals surface area contributed by atoms with Gasteiger partial charge in [0.25, 0.3) is 0 Å². The van der Waals surface area contributed by atoms with E-state index in [-0.39, 0.29) is 6.03 Å². The maximum absolute atomic E-state index is 11.6. The van der Waals surface area contributed by atoms with E-state index in [1.807, 2.05) is 42.9 Å². The van der Waals surface area contributed by atoms with Crippen LogP contribution in [0.4, 0.5) is 16.3 Å². The van der Waals surface area contributed by atoms with Gasteiger partial charge in [0.05, 0.1) is 24.4 Å². The number of pyridine rings is 1. The molecule has 3 aromatic heterocycles. The van der Waals surface area contributed by atoms with Crippen molar-refractivity contribution in [1.82, 2.24) is 34.5 Å². The predicted molar refractivity (Wildman–Crippen MR) is 115 cm³/mol. The van der Waals surface area contributed by atoms with Crippen LogP contribution in [0.15, 0.2) is 43.1 Å². The largest absolute Gasteiger partial charge is 0.367 e. The van der Waals surface area contributed by atoms with Crippen LogP contribution in [0, 0.1) is 6.92 Å². The molecule has 0 aromatic carbocycles. The molecule has 0 aliphatic carbocycles. The molecule has 0 bridgehead atoms. The van der Waals surface area contributed by atoms with E-state index in [4.69, 9.17) is 4.98 Å². The minimum atomic E-state index is -0.237. The van der Waals surface area contributed by atoms with E-state index in [0.717, 1.165) is 44.4 Å². The van der Waals surface area contributed by atoms with E-state index in [0.29, 0.717) is 12.4 Å². The fraction of sp³-hybridized carbons (Fsp3) is 0.400. The number of imidazole rings is 1. The maximum Gasteiger partial charge on any atom is 0.320 e. The van der Waals surface area contributed by atoms with Crippen LogP contribution in [-0.4, -0.2) is 68.0 Å².